The first-order valence-electron chi connectivity index (χ1n) is 5.78. The molecule has 3 nitrogen and oxygen atoms in total. The zero-order valence-electron chi connectivity index (χ0n) is 10.6. The number of halogens is 2. The minimum atomic E-state index is -0.697. The second kappa shape index (κ2) is 5.49. The number of carbonyl (C=O) groups excluding carboxylic acids is 1. The van der Waals surface area contributed by atoms with Gasteiger partial charge in [-0.25, -0.2) is 8.78 Å². The normalized spacial score (nSPS) is 9.90. The van der Waals surface area contributed by atoms with Crippen LogP contribution in [0.4, 0.5) is 14.5 Å². The Labute approximate surface area is 114 Å². The Morgan fingerprint density at radius 2 is 1.95 bits per heavy atom. The van der Waals surface area contributed by atoms with Crippen molar-refractivity contribution in [3.05, 3.63) is 64.7 Å². The summed E-state index contributed by atoms with van der Waals surface area (Å²) in [4.78, 5) is 12.0. The fourth-order valence-electron chi connectivity index (χ4n) is 1.76. The number of carbonyl (C=O) groups is 1. The molecule has 1 amide bonds. The van der Waals surface area contributed by atoms with Gasteiger partial charge in [0.25, 0.3) is 5.91 Å². The van der Waals surface area contributed by atoms with Gasteiger partial charge in [0.1, 0.15) is 11.6 Å². The van der Waals surface area contributed by atoms with Crippen LogP contribution in [0.2, 0.25) is 0 Å². The Hall–Kier alpha value is -2.74. The molecule has 0 bridgehead atoms. The summed E-state index contributed by atoms with van der Waals surface area (Å²) in [5, 5.41) is 11.0. The summed E-state index contributed by atoms with van der Waals surface area (Å²) < 4.78 is 26.6. The molecule has 20 heavy (non-hydrogen) atoms. The molecular formula is C15H10F2N2O. The maximum Gasteiger partial charge on any atom is 0.256 e. The third kappa shape index (κ3) is 2.81. The van der Waals surface area contributed by atoms with E-state index < -0.39 is 17.5 Å². The van der Waals surface area contributed by atoms with Crippen LogP contribution in [0.5, 0.6) is 0 Å². The highest BCUT2D eigenvalue weighted by molar-refractivity contribution is 6.05. The molecule has 0 saturated carbocycles. The molecule has 0 aliphatic carbocycles. The number of benzene rings is 2. The second-order valence-corrected chi connectivity index (χ2v) is 4.22. The topological polar surface area (TPSA) is 52.9 Å². The molecule has 100 valence electrons. The van der Waals surface area contributed by atoms with Crippen molar-refractivity contribution in [3.8, 4) is 6.07 Å². The lowest BCUT2D eigenvalue weighted by molar-refractivity contribution is 0.102. The van der Waals surface area contributed by atoms with E-state index in [0.717, 1.165) is 12.1 Å². The van der Waals surface area contributed by atoms with Gasteiger partial charge in [-0.2, -0.15) is 5.26 Å². The predicted molar refractivity (Wildman–Crippen MR) is 70.2 cm³/mol. The average molecular weight is 272 g/mol. The van der Waals surface area contributed by atoms with Crippen LogP contribution in [-0.4, -0.2) is 5.91 Å². The summed E-state index contributed by atoms with van der Waals surface area (Å²) in [6.07, 6.45) is 0. The van der Waals surface area contributed by atoms with Crippen LogP contribution in [-0.2, 0) is 0 Å². The lowest BCUT2D eigenvalue weighted by Gasteiger charge is -2.08. The molecular weight excluding hydrogens is 262 g/mol. The van der Waals surface area contributed by atoms with Gasteiger partial charge in [0.15, 0.2) is 0 Å². The molecule has 2 rings (SSSR count). The molecule has 0 unspecified atom stereocenters. The molecule has 0 atom stereocenters. The first-order valence-corrected chi connectivity index (χ1v) is 5.78. The van der Waals surface area contributed by atoms with Crippen molar-refractivity contribution < 1.29 is 13.6 Å². The molecule has 0 saturated heterocycles. The van der Waals surface area contributed by atoms with Crippen LogP contribution in [0.15, 0.2) is 36.4 Å². The standard InChI is InChI=1S/C15H10F2N2O/c1-9-6-11(16)3-4-12(9)15(20)19-14-5-2-10(8-18)7-13(14)17/h2-7H,1H3,(H,19,20). The van der Waals surface area contributed by atoms with Crippen LogP contribution in [0.25, 0.3) is 0 Å². The van der Waals surface area contributed by atoms with Gasteiger partial charge < -0.3 is 5.32 Å². The zero-order valence-corrected chi connectivity index (χ0v) is 10.6. The van der Waals surface area contributed by atoms with Gasteiger partial charge in [-0.1, -0.05) is 0 Å². The predicted octanol–water partition coefficient (Wildman–Crippen LogP) is 3.40. The number of nitriles is 1. The Morgan fingerprint density at radius 3 is 2.55 bits per heavy atom. The highest BCUT2D eigenvalue weighted by Crippen LogP contribution is 2.18. The molecule has 0 radical (unpaired) electrons. The van der Waals surface area contributed by atoms with E-state index in [2.05, 4.69) is 5.32 Å². The van der Waals surface area contributed by atoms with E-state index in [4.69, 9.17) is 5.26 Å². The minimum Gasteiger partial charge on any atom is -0.319 e. The van der Waals surface area contributed by atoms with Gasteiger partial charge in [-0.05, 0) is 48.9 Å². The number of anilines is 1. The number of amides is 1. The Balaban J connectivity index is 2.26. The van der Waals surface area contributed by atoms with E-state index in [-0.39, 0.29) is 16.8 Å². The summed E-state index contributed by atoms with van der Waals surface area (Å²) >= 11 is 0. The van der Waals surface area contributed by atoms with Crippen LogP contribution in [0.3, 0.4) is 0 Å². The number of hydrogen-bond donors (Lipinski definition) is 1. The smallest absolute Gasteiger partial charge is 0.256 e. The van der Waals surface area contributed by atoms with E-state index in [9.17, 15) is 13.6 Å². The Morgan fingerprint density at radius 1 is 1.20 bits per heavy atom. The first-order chi connectivity index (χ1) is 9.51. The molecule has 1 N–H and O–H groups in total. The van der Waals surface area contributed by atoms with E-state index in [1.165, 1.54) is 24.3 Å². The summed E-state index contributed by atoms with van der Waals surface area (Å²) in [5.41, 5.74) is 0.850. The SMILES string of the molecule is Cc1cc(F)ccc1C(=O)Nc1ccc(C#N)cc1F. The van der Waals surface area contributed by atoms with E-state index in [0.29, 0.717) is 5.56 Å². The van der Waals surface area contributed by atoms with Gasteiger partial charge in [-0.3, -0.25) is 4.79 Å². The molecule has 0 aliphatic heterocycles. The van der Waals surface area contributed by atoms with Crippen LogP contribution < -0.4 is 5.32 Å². The van der Waals surface area contributed by atoms with Gasteiger partial charge in [0.05, 0.1) is 17.3 Å². The van der Waals surface area contributed by atoms with E-state index in [1.54, 1.807) is 13.0 Å². The van der Waals surface area contributed by atoms with Crippen molar-refractivity contribution in [2.24, 2.45) is 0 Å². The third-order valence-electron chi connectivity index (χ3n) is 2.78. The van der Waals surface area contributed by atoms with E-state index >= 15 is 0 Å². The molecule has 2 aromatic carbocycles. The molecule has 0 aliphatic rings. The molecule has 0 spiro atoms. The second-order valence-electron chi connectivity index (χ2n) is 4.22. The van der Waals surface area contributed by atoms with Gasteiger partial charge in [0.2, 0.25) is 0 Å². The summed E-state index contributed by atoms with van der Waals surface area (Å²) in [5.74, 6) is -1.67. The van der Waals surface area contributed by atoms with Crippen molar-refractivity contribution >= 4 is 11.6 Å². The van der Waals surface area contributed by atoms with Crippen molar-refractivity contribution in [3.63, 3.8) is 0 Å². The van der Waals surface area contributed by atoms with Gasteiger partial charge >= 0.3 is 0 Å². The highest BCUT2D eigenvalue weighted by Gasteiger charge is 2.12. The molecule has 0 fully saturated rings. The molecule has 0 heterocycles. The van der Waals surface area contributed by atoms with Gasteiger partial charge in [0, 0.05) is 5.56 Å². The number of nitrogens with zero attached hydrogens (tertiary/aromatic N) is 1. The fourth-order valence-corrected chi connectivity index (χ4v) is 1.76. The Bertz CT molecular complexity index is 720. The third-order valence-corrected chi connectivity index (χ3v) is 2.78. The summed E-state index contributed by atoms with van der Waals surface area (Å²) in [6.45, 7) is 1.59. The summed E-state index contributed by atoms with van der Waals surface area (Å²) in [7, 11) is 0. The first kappa shape index (κ1) is 13.7. The van der Waals surface area contributed by atoms with Crippen molar-refractivity contribution in [2.75, 3.05) is 5.32 Å². The number of rotatable bonds is 2. The van der Waals surface area contributed by atoms with Crippen molar-refractivity contribution in [1.82, 2.24) is 0 Å². The number of aryl methyl sites for hydroxylation is 1. The zero-order chi connectivity index (χ0) is 14.7. The van der Waals surface area contributed by atoms with Crippen molar-refractivity contribution in [1.29, 1.82) is 5.26 Å². The lowest BCUT2D eigenvalue weighted by Crippen LogP contribution is -2.14. The maximum atomic E-state index is 13.7. The lowest BCUT2D eigenvalue weighted by atomic mass is 10.1. The molecule has 0 aromatic heterocycles. The number of hydrogen-bond acceptors (Lipinski definition) is 2. The van der Waals surface area contributed by atoms with Gasteiger partial charge in [-0.15, -0.1) is 0 Å². The Kier molecular flexibility index (Phi) is 3.76. The molecule has 5 heteroatoms. The largest absolute Gasteiger partial charge is 0.319 e. The maximum absolute atomic E-state index is 13.7. The van der Waals surface area contributed by atoms with Crippen LogP contribution in [0, 0.1) is 29.9 Å². The highest BCUT2D eigenvalue weighted by atomic mass is 19.1. The molecule has 2 aromatic rings. The summed E-state index contributed by atoms with van der Waals surface area (Å²) in [6, 6.07) is 9.27. The minimum absolute atomic E-state index is 0.0299. The monoisotopic (exact) mass is 272 g/mol. The fraction of sp³-hybridized carbons (Fsp3) is 0.0667. The van der Waals surface area contributed by atoms with Crippen molar-refractivity contribution in [2.45, 2.75) is 6.92 Å². The average Bonchev–Trinajstić information content (AvgIpc) is 2.40. The van der Waals surface area contributed by atoms with Crippen LogP contribution in [0.1, 0.15) is 21.5 Å². The van der Waals surface area contributed by atoms with E-state index in [1.807, 2.05) is 0 Å². The quantitative estimate of drug-likeness (QED) is 0.911. The number of nitrogens with one attached hydrogen (secondary N) is 1. The van der Waals surface area contributed by atoms with Crippen LogP contribution >= 0.6 is 0 Å².